The summed E-state index contributed by atoms with van der Waals surface area (Å²) >= 11 is 7.34. The SMILES string of the molecule is Cc1ccc(-n2c(SCC(=O)Nc3cc(Cl)ccc3C)nnc2-c2ccccc2O)c(C)c1. The number of anilines is 1. The van der Waals surface area contributed by atoms with Crippen LogP contribution in [0.4, 0.5) is 5.69 Å². The number of para-hydroxylation sites is 1. The molecular weight excluding hydrogens is 456 g/mol. The number of carbonyl (C=O) groups is 1. The van der Waals surface area contributed by atoms with Gasteiger partial charge in [-0.15, -0.1) is 10.2 Å². The van der Waals surface area contributed by atoms with Crippen molar-refractivity contribution in [3.63, 3.8) is 0 Å². The Morgan fingerprint density at radius 3 is 2.58 bits per heavy atom. The number of phenols is 1. The van der Waals surface area contributed by atoms with Crippen molar-refractivity contribution in [2.45, 2.75) is 25.9 Å². The first-order chi connectivity index (χ1) is 15.8. The molecule has 4 aromatic rings. The number of benzene rings is 3. The van der Waals surface area contributed by atoms with Crippen molar-refractivity contribution in [1.29, 1.82) is 0 Å². The first-order valence-corrected chi connectivity index (χ1v) is 11.7. The average Bonchev–Trinajstić information content (AvgIpc) is 3.18. The number of aryl methyl sites for hydroxylation is 3. The summed E-state index contributed by atoms with van der Waals surface area (Å²) in [6.07, 6.45) is 0. The molecule has 0 unspecified atom stereocenters. The molecule has 3 aromatic carbocycles. The number of halogens is 1. The molecule has 2 N–H and O–H groups in total. The molecule has 0 radical (unpaired) electrons. The van der Waals surface area contributed by atoms with Gasteiger partial charge in [-0.1, -0.05) is 59.3 Å². The fraction of sp³-hybridized carbons (Fsp3) is 0.160. The Hall–Kier alpha value is -3.29. The lowest BCUT2D eigenvalue weighted by Gasteiger charge is -2.14. The summed E-state index contributed by atoms with van der Waals surface area (Å²) in [6, 6.07) is 18.5. The van der Waals surface area contributed by atoms with E-state index in [4.69, 9.17) is 11.6 Å². The molecule has 0 aliphatic rings. The number of hydrogen-bond acceptors (Lipinski definition) is 5. The van der Waals surface area contributed by atoms with Gasteiger partial charge in [0.2, 0.25) is 5.91 Å². The van der Waals surface area contributed by atoms with Gasteiger partial charge in [0.25, 0.3) is 0 Å². The maximum absolute atomic E-state index is 12.7. The van der Waals surface area contributed by atoms with Gasteiger partial charge in [-0.3, -0.25) is 9.36 Å². The zero-order chi connectivity index (χ0) is 23.5. The Morgan fingerprint density at radius 2 is 1.82 bits per heavy atom. The van der Waals surface area contributed by atoms with Gasteiger partial charge in [-0.2, -0.15) is 0 Å². The van der Waals surface area contributed by atoms with Crippen LogP contribution in [0.5, 0.6) is 5.75 Å². The highest BCUT2D eigenvalue weighted by atomic mass is 35.5. The van der Waals surface area contributed by atoms with E-state index in [-0.39, 0.29) is 17.4 Å². The van der Waals surface area contributed by atoms with Gasteiger partial charge in [-0.05, 0) is 62.2 Å². The van der Waals surface area contributed by atoms with Crippen molar-refractivity contribution >= 4 is 35.0 Å². The zero-order valence-electron chi connectivity index (χ0n) is 18.5. The molecule has 33 heavy (non-hydrogen) atoms. The van der Waals surface area contributed by atoms with Gasteiger partial charge in [-0.25, -0.2) is 0 Å². The largest absolute Gasteiger partial charge is 0.507 e. The highest BCUT2D eigenvalue weighted by molar-refractivity contribution is 7.99. The maximum atomic E-state index is 12.7. The van der Waals surface area contributed by atoms with Gasteiger partial charge in [0.1, 0.15) is 5.75 Å². The molecule has 6 nitrogen and oxygen atoms in total. The van der Waals surface area contributed by atoms with Crippen LogP contribution in [0.2, 0.25) is 5.02 Å². The number of nitrogens with zero attached hydrogens (tertiary/aromatic N) is 3. The standard InChI is InChI=1S/C25H23ClN4O2S/c1-15-8-11-21(17(3)12-15)30-24(19-6-4-5-7-22(19)31)28-29-25(30)33-14-23(32)27-20-13-18(26)10-9-16(20)2/h4-13,31H,14H2,1-3H3,(H,27,32). The zero-order valence-corrected chi connectivity index (χ0v) is 20.0. The monoisotopic (exact) mass is 478 g/mol. The predicted molar refractivity (Wildman–Crippen MR) is 133 cm³/mol. The molecule has 0 fully saturated rings. The van der Waals surface area contributed by atoms with E-state index < -0.39 is 0 Å². The quantitative estimate of drug-likeness (QED) is 0.335. The minimum absolute atomic E-state index is 0.113. The van der Waals surface area contributed by atoms with E-state index in [1.54, 1.807) is 30.3 Å². The smallest absolute Gasteiger partial charge is 0.234 e. The van der Waals surface area contributed by atoms with Gasteiger partial charge >= 0.3 is 0 Å². The Balaban J connectivity index is 1.66. The molecule has 0 aliphatic carbocycles. The minimum Gasteiger partial charge on any atom is -0.507 e. The average molecular weight is 479 g/mol. The highest BCUT2D eigenvalue weighted by Gasteiger charge is 2.20. The number of nitrogens with one attached hydrogen (secondary N) is 1. The molecule has 0 saturated heterocycles. The number of aromatic nitrogens is 3. The van der Waals surface area contributed by atoms with E-state index >= 15 is 0 Å². The third-order valence-electron chi connectivity index (χ3n) is 5.18. The number of rotatable bonds is 6. The van der Waals surface area contributed by atoms with E-state index in [0.29, 0.717) is 27.3 Å². The van der Waals surface area contributed by atoms with Gasteiger partial charge < -0.3 is 10.4 Å². The first-order valence-electron chi connectivity index (χ1n) is 10.3. The molecular formula is C25H23ClN4O2S. The Kier molecular flexibility index (Phi) is 6.72. The fourth-order valence-corrected chi connectivity index (χ4v) is 4.44. The number of hydrogen-bond donors (Lipinski definition) is 2. The van der Waals surface area contributed by atoms with Crippen LogP contribution in [0, 0.1) is 20.8 Å². The van der Waals surface area contributed by atoms with Crippen LogP contribution < -0.4 is 5.32 Å². The summed E-state index contributed by atoms with van der Waals surface area (Å²) in [5, 5.41) is 23.2. The second kappa shape index (κ2) is 9.68. The van der Waals surface area contributed by atoms with Gasteiger partial charge in [0.15, 0.2) is 11.0 Å². The lowest BCUT2D eigenvalue weighted by Crippen LogP contribution is -2.15. The summed E-state index contributed by atoms with van der Waals surface area (Å²) in [4.78, 5) is 12.7. The normalized spacial score (nSPS) is 10.9. The van der Waals surface area contributed by atoms with Crippen molar-refractivity contribution in [3.8, 4) is 22.8 Å². The summed E-state index contributed by atoms with van der Waals surface area (Å²) in [5.74, 6) is 0.579. The van der Waals surface area contributed by atoms with Crippen LogP contribution in [0.3, 0.4) is 0 Å². The first kappa shape index (κ1) is 22.9. The van der Waals surface area contributed by atoms with Crippen molar-refractivity contribution in [2.24, 2.45) is 0 Å². The molecule has 0 aliphatic heterocycles. The number of thioether (sulfide) groups is 1. The topological polar surface area (TPSA) is 80.0 Å². The molecule has 0 bridgehead atoms. The third kappa shape index (κ3) is 5.05. The Bertz CT molecular complexity index is 1340. The van der Waals surface area contributed by atoms with Crippen molar-refractivity contribution in [3.05, 3.63) is 82.4 Å². The molecule has 1 amide bonds. The second-order valence-corrected chi connectivity index (χ2v) is 9.12. The van der Waals surface area contributed by atoms with Crippen LogP contribution in [0.1, 0.15) is 16.7 Å². The van der Waals surface area contributed by atoms with Gasteiger partial charge in [0, 0.05) is 10.7 Å². The van der Waals surface area contributed by atoms with E-state index in [2.05, 4.69) is 21.6 Å². The van der Waals surface area contributed by atoms with E-state index in [0.717, 1.165) is 22.4 Å². The number of carbonyl (C=O) groups excluding carboxylic acids is 1. The number of phenolic OH excluding ortho intramolecular Hbond substituents is 1. The van der Waals surface area contributed by atoms with E-state index in [1.165, 1.54) is 11.8 Å². The third-order valence-corrected chi connectivity index (χ3v) is 6.34. The van der Waals surface area contributed by atoms with Gasteiger partial charge in [0.05, 0.1) is 17.0 Å². The molecule has 1 heterocycles. The molecule has 8 heteroatoms. The van der Waals surface area contributed by atoms with Crippen molar-refractivity contribution in [1.82, 2.24) is 14.8 Å². The summed E-state index contributed by atoms with van der Waals surface area (Å²) in [5.41, 5.74) is 5.23. The summed E-state index contributed by atoms with van der Waals surface area (Å²) in [7, 11) is 0. The van der Waals surface area contributed by atoms with Crippen molar-refractivity contribution < 1.29 is 9.90 Å². The van der Waals surface area contributed by atoms with E-state index in [1.807, 2.05) is 49.6 Å². The lowest BCUT2D eigenvalue weighted by molar-refractivity contribution is -0.113. The Labute approximate surface area is 201 Å². The maximum Gasteiger partial charge on any atom is 0.234 e. The predicted octanol–water partition coefficient (Wildman–Crippen LogP) is 5.95. The second-order valence-electron chi connectivity index (χ2n) is 7.74. The Morgan fingerprint density at radius 1 is 1.03 bits per heavy atom. The number of aromatic hydroxyl groups is 1. The minimum atomic E-state index is -0.176. The van der Waals surface area contributed by atoms with Crippen molar-refractivity contribution in [2.75, 3.05) is 11.1 Å². The van der Waals surface area contributed by atoms with Crippen LogP contribution in [-0.2, 0) is 4.79 Å². The van der Waals surface area contributed by atoms with Crippen LogP contribution >= 0.6 is 23.4 Å². The summed E-state index contributed by atoms with van der Waals surface area (Å²) < 4.78 is 1.88. The van der Waals surface area contributed by atoms with E-state index in [9.17, 15) is 9.90 Å². The molecule has 0 atom stereocenters. The van der Waals surface area contributed by atoms with Crippen LogP contribution in [0.15, 0.2) is 65.8 Å². The van der Waals surface area contributed by atoms with Crippen LogP contribution in [0.25, 0.3) is 17.1 Å². The molecule has 0 saturated carbocycles. The highest BCUT2D eigenvalue weighted by Crippen LogP contribution is 2.34. The molecule has 1 aromatic heterocycles. The molecule has 4 rings (SSSR count). The molecule has 0 spiro atoms. The summed E-state index contributed by atoms with van der Waals surface area (Å²) in [6.45, 7) is 5.96. The van der Waals surface area contributed by atoms with Crippen LogP contribution in [-0.4, -0.2) is 31.5 Å². The lowest BCUT2D eigenvalue weighted by atomic mass is 10.1. The fourth-order valence-electron chi connectivity index (χ4n) is 3.52. The number of amides is 1. The molecule has 168 valence electrons.